The van der Waals surface area contributed by atoms with Crippen LogP contribution < -0.4 is 4.74 Å². The highest BCUT2D eigenvalue weighted by atomic mass is 32.1. The molecule has 0 radical (unpaired) electrons. The number of ether oxygens (including phenoxy) is 2. The maximum absolute atomic E-state index is 11.0. The van der Waals surface area contributed by atoms with Crippen LogP contribution >= 0.6 is 11.3 Å². The molecule has 2 aliphatic rings. The maximum Gasteiger partial charge on any atom is 0.355 e. The summed E-state index contributed by atoms with van der Waals surface area (Å²) in [5.41, 5.74) is 0.117. The van der Waals surface area contributed by atoms with Gasteiger partial charge >= 0.3 is 5.97 Å². The van der Waals surface area contributed by atoms with Crippen molar-refractivity contribution in [3.8, 4) is 5.75 Å². The lowest BCUT2D eigenvalue weighted by Gasteiger charge is -2.34. The summed E-state index contributed by atoms with van der Waals surface area (Å²) in [6.45, 7) is 0.736. The number of nitrogens with zero attached hydrogens (tertiary/aromatic N) is 1. The monoisotopic (exact) mass is 359 g/mol. The smallest absolute Gasteiger partial charge is 0.355 e. The summed E-state index contributed by atoms with van der Waals surface area (Å²) in [7, 11) is 0. The third-order valence-corrected chi connectivity index (χ3v) is 6.17. The summed E-state index contributed by atoms with van der Waals surface area (Å²) >= 11 is 1.39. The van der Waals surface area contributed by atoms with E-state index in [0.717, 1.165) is 43.0 Å². The molecule has 25 heavy (non-hydrogen) atoms. The third-order valence-electron chi connectivity index (χ3n) is 5.23. The van der Waals surface area contributed by atoms with E-state index in [9.17, 15) is 4.79 Å². The Hall–Kier alpha value is -1.92. The van der Waals surface area contributed by atoms with Gasteiger partial charge in [0.2, 0.25) is 0 Å². The second-order valence-electron chi connectivity index (χ2n) is 6.74. The summed E-state index contributed by atoms with van der Waals surface area (Å²) in [6, 6.07) is 9.94. The molecule has 0 bridgehead atoms. The Morgan fingerprint density at radius 1 is 1.24 bits per heavy atom. The van der Waals surface area contributed by atoms with Gasteiger partial charge in [-0.1, -0.05) is 18.2 Å². The first kappa shape index (κ1) is 16.5. The lowest BCUT2D eigenvalue weighted by Crippen LogP contribution is -2.31. The minimum Gasteiger partial charge on any atom is -0.493 e. The Morgan fingerprint density at radius 2 is 2.08 bits per heavy atom. The van der Waals surface area contributed by atoms with Crippen molar-refractivity contribution in [1.82, 2.24) is 4.98 Å². The van der Waals surface area contributed by atoms with Crippen LogP contribution in [0.2, 0.25) is 0 Å². The topological polar surface area (TPSA) is 68.7 Å². The van der Waals surface area contributed by atoms with Gasteiger partial charge in [0.15, 0.2) is 5.69 Å². The van der Waals surface area contributed by atoms with Crippen molar-refractivity contribution in [2.75, 3.05) is 6.61 Å². The first-order valence-corrected chi connectivity index (χ1v) is 9.60. The largest absolute Gasteiger partial charge is 0.493 e. The molecule has 1 N–H and O–H groups in total. The molecular formula is C19H21NO4S. The second-order valence-corrected chi connectivity index (χ2v) is 7.63. The van der Waals surface area contributed by atoms with E-state index in [2.05, 4.69) is 4.98 Å². The highest BCUT2D eigenvalue weighted by Crippen LogP contribution is 2.46. The molecule has 1 aliphatic heterocycles. The fourth-order valence-electron chi connectivity index (χ4n) is 3.97. The van der Waals surface area contributed by atoms with Crippen molar-refractivity contribution >= 4 is 17.3 Å². The standard InChI is InChI=1S/C19H21NO4S/c21-19(22)15-11-25-18(20-15)17-9-7-14-12(6-8-16(14)24-17)10-23-13-4-2-1-3-5-13/h1-5,11-12,14,16-17H,6-10H2,(H,21,22)/t12-,14-,16+,17-/m1/s1. The van der Waals surface area contributed by atoms with E-state index in [1.165, 1.54) is 11.3 Å². The number of fused-ring (bicyclic) bond motifs is 1. The molecule has 0 amide bonds. The number of rotatable bonds is 5. The van der Waals surface area contributed by atoms with Gasteiger partial charge in [-0.25, -0.2) is 9.78 Å². The van der Waals surface area contributed by atoms with Gasteiger partial charge in [0.25, 0.3) is 0 Å². The lowest BCUT2D eigenvalue weighted by molar-refractivity contribution is -0.0811. The van der Waals surface area contributed by atoms with Crippen molar-refractivity contribution in [3.05, 3.63) is 46.4 Å². The Morgan fingerprint density at radius 3 is 2.84 bits per heavy atom. The molecular weight excluding hydrogens is 338 g/mol. The zero-order valence-electron chi connectivity index (χ0n) is 13.8. The van der Waals surface area contributed by atoms with E-state index < -0.39 is 5.97 Å². The molecule has 4 atom stereocenters. The molecule has 2 fully saturated rings. The number of benzene rings is 1. The quantitative estimate of drug-likeness (QED) is 0.868. The van der Waals surface area contributed by atoms with Gasteiger partial charge < -0.3 is 14.6 Å². The highest BCUT2D eigenvalue weighted by molar-refractivity contribution is 7.09. The number of hydrogen-bond acceptors (Lipinski definition) is 5. The minimum atomic E-state index is -0.977. The van der Waals surface area contributed by atoms with Crippen LogP contribution in [0.15, 0.2) is 35.7 Å². The molecule has 1 aliphatic carbocycles. The number of carboxylic acid groups (broad SMARTS) is 1. The summed E-state index contributed by atoms with van der Waals surface area (Å²) in [6.07, 6.45) is 4.32. The highest BCUT2D eigenvalue weighted by Gasteiger charge is 2.42. The average molecular weight is 359 g/mol. The normalized spacial score (nSPS) is 28.5. The number of carbonyl (C=O) groups is 1. The molecule has 1 aromatic carbocycles. The Balaban J connectivity index is 1.35. The van der Waals surface area contributed by atoms with Gasteiger partial charge in [-0.05, 0) is 49.7 Å². The van der Waals surface area contributed by atoms with Crippen LogP contribution in [-0.4, -0.2) is 28.8 Å². The van der Waals surface area contributed by atoms with Crippen molar-refractivity contribution < 1.29 is 19.4 Å². The molecule has 4 rings (SSSR count). The first-order valence-electron chi connectivity index (χ1n) is 8.72. The summed E-state index contributed by atoms with van der Waals surface area (Å²) in [4.78, 5) is 15.2. The second kappa shape index (κ2) is 7.14. The maximum atomic E-state index is 11.0. The van der Waals surface area contributed by atoms with Crippen LogP contribution in [-0.2, 0) is 4.74 Å². The van der Waals surface area contributed by atoms with Crippen LogP contribution in [0.3, 0.4) is 0 Å². The molecule has 0 spiro atoms. The molecule has 2 aromatic rings. The number of hydrogen-bond donors (Lipinski definition) is 1. The van der Waals surface area contributed by atoms with Crippen LogP contribution in [0, 0.1) is 11.8 Å². The van der Waals surface area contributed by atoms with E-state index in [0.29, 0.717) is 11.8 Å². The van der Waals surface area contributed by atoms with E-state index in [1.54, 1.807) is 5.38 Å². The van der Waals surface area contributed by atoms with E-state index in [1.807, 2.05) is 30.3 Å². The summed E-state index contributed by atoms with van der Waals surface area (Å²) in [5, 5.41) is 11.4. The van der Waals surface area contributed by atoms with Crippen molar-refractivity contribution in [1.29, 1.82) is 0 Å². The zero-order valence-corrected chi connectivity index (χ0v) is 14.7. The van der Waals surface area contributed by atoms with Crippen LogP contribution in [0.25, 0.3) is 0 Å². The van der Waals surface area contributed by atoms with Crippen molar-refractivity contribution in [2.24, 2.45) is 11.8 Å². The summed E-state index contributed by atoms with van der Waals surface area (Å²) < 4.78 is 12.2. The molecule has 2 heterocycles. The predicted molar refractivity (Wildman–Crippen MR) is 94.1 cm³/mol. The van der Waals surface area contributed by atoms with Crippen LogP contribution in [0.1, 0.15) is 47.3 Å². The fraction of sp³-hybridized carbons (Fsp3) is 0.474. The predicted octanol–water partition coefficient (Wildman–Crippen LogP) is 4.17. The zero-order chi connectivity index (χ0) is 17.2. The van der Waals surface area contributed by atoms with Crippen LogP contribution in [0.5, 0.6) is 5.75 Å². The number of thiazole rings is 1. The van der Waals surface area contributed by atoms with Gasteiger partial charge in [0.05, 0.1) is 12.7 Å². The fourth-order valence-corrected chi connectivity index (χ4v) is 4.83. The first-order chi connectivity index (χ1) is 12.2. The van der Waals surface area contributed by atoms with Crippen LogP contribution in [0.4, 0.5) is 0 Å². The molecule has 1 saturated carbocycles. The number of aromatic carboxylic acids is 1. The third kappa shape index (κ3) is 3.55. The van der Waals surface area contributed by atoms with Crippen molar-refractivity contribution in [2.45, 2.75) is 37.9 Å². The molecule has 6 heteroatoms. The van der Waals surface area contributed by atoms with Crippen molar-refractivity contribution in [3.63, 3.8) is 0 Å². The SMILES string of the molecule is O=C(O)c1csc([C@H]2CC[C@@H]3[C@@H](COc4ccccc4)CC[C@@H]3O2)n1. The minimum absolute atomic E-state index is 0.0619. The molecule has 0 unspecified atom stereocenters. The molecule has 1 saturated heterocycles. The van der Waals surface area contributed by atoms with E-state index >= 15 is 0 Å². The van der Waals surface area contributed by atoms with Gasteiger partial charge in [-0.2, -0.15) is 0 Å². The molecule has 5 nitrogen and oxygen atoms in total. The number of para-hydroxylation sites is 1. The van der Waals surface area contributed by atoms with Gasteiger partial charge in [0.1, 0.15) is 16.9 Å². The Kier molecular flexibility index (Phi) is 4.72. The number of carboxylic acids is 1. The van der Waals surface area contributed by atoms with E-state index in [4.69, 9.17) is 14.6 Å². The van der Waals surface area contributed by atoms with Gasteiger partial charge in [0, 0.05) is 5.38 Å². The van der Waals surface area contributed by atoms with Gasteiger partial charge in [-0.3, -0.25) is 0 Å². The number of aromatic nitrogens is 1. The Labute approximate surface area is 150 Å². The Bertz CT molecular complexity index is 732. The molecule has 1 aromatic heterocycles. The lowest BCUT2D eigenvalue weighted by atomic mass is 9.87. The summed E-state index contributed by atoms with van der Waals surface area (Å²) in [5.74, 6) is 0.996. The molecule has 132 valence electrons. The average Bonchev–Trinajstić information content (AvgIpc) is 3.28. The van der Waals surface area contributed by atoms with E-state index in [-0.39, 0.29) is 17.9 Å². The van der Waals surface area contributed by atoms with Gasteiger partial charge in [-0.15, -0.1) is 11.3 Å².